The number of nitrogens with zero attached hydrogens (tertiary/aromatic N) is 3. The Labute approximate surface area is 167 Å². The number of nitrogens with one attached hydrogen (secondary N) is 1. The molecule has 28 heavy (non-hydrogen) atoms. The van der Waals surface area contributed by atoms with Crippen molar-refractivity contribution in [3.8, 4) is 0 Å². The fraction of sp³-hybridized carbons (Fsp3) is 0.300. The highest BCUT2D eigenvalue weighted by atomic mass is 32.1. The normalized spacial score (nSPS) is 12.4. The minimum Gasteiger partial charge on any atom is -0.467 e. The fourth-order valence-electron chi connectivity index (χ4n) is 2.73. The van der Waals surface area contributed by atoms with E-state index in [2.05, 4.69) is 14.9 Å². The van der Waals surface area contributed by atoms with Crippen molar-refractivity contribution < 1.29 is 14.0 Å². The Bertz CT molecular complexity index is 929. The molecule has 146 valence electrons. The van der Waals surface area contributed by atoms with Crippen LogP contribution in [0.2, 0.25) is 0 Å². The topological polar surface area (TPSA) is 88.3 Å². The maximum Gasteiger partial charge on any atom is 0.280 e. The van der Waals surface area contributed by atoms with Gasteiger partial charge in [-0.25, -0.2) is 0 Å². The summed E-state index contributed by atoms with van der Waals surface area (Å²) in [7, 11) is 0. The average molecular weight is 398 g/mol. The first-order valence-electron chi connectivity index (χ1n) is 8.79. The standard InChI is InChI=1S/C20H22N4O3S/c1-13-7-9-14(10-8-13)24(19(26)15-12-28-23-22-15)17(16-6-5-11-27-16)18(25)21-20(2,3)4/h5-12,17H,1-4H3,(H,21,25)/t17-/m1/s1. The van der Waals surface area contributed by atoms with Gasteiger partial charge in [0, 0.05) is 16.6 Å². The van der Waals surface area contributed by atoms with E-state index in [1.165, 1.54) is 11.2 Å². The molecule has 0 bridgehead atoms. The summed E-state index contributed by atoms with van der Waals surface area (Å²) < 4.78 is 9.32. The first-order chi connectivity index (χ1) is 13.3. The van der Waals surface area contributed by atoms with Crippen LogP contribution in [-0.2, 0) is 4.79 Å². The molecule has 2 amide bonds. The molecule has 0 radical (unpaired) electrons. The molecular formula is C20H22N4O3S. The van der Waals surface area contributed by atoms with E-state index in [0.717, 1.165) is 17.1 Å². The second-order valence-electron chi connectivity index (χ2n) is 7.46. The number of rotatable bonds is 5. The fourth-order valence-corrected chi connectivity index (χ4v) is 3.16. The van der Waals surface area contributed by atoms with Crippen LogP contribution in [-0.4, -0.2) is 26.9 Å². The van der Waals surface area contributed by atoms with Crippen LogP contribution in [0.1, 0.15) is 48.6 Å². The average Bonchev–Trinajstić information content (AvgIpc) is 3.32. The second kappa shape index (κ2) is 7.93. The number of aromatic nitrogens is 2. The highest BCUT2D eigenvalue weighted by Gasteiger charge is 2.37. The maximum atomic E-state index is 13.3. The summed E-state index contributed by atoms with van der Waals surface area (Å²) in [6.07, 6.45) is 1.48. The summed E-state index contributed by atoms with van der Waals surface area (Å²) in [4.78, 5) is 27.9. The number of amides is 2. The molecule has 0 aliphatic carbocycles. The van der Waals surface area contributed by atoms with Crippen molar-refractivity contribution in [3.63, 3.8) is 0 Å². The maximum absolute atomic E-state index is 13.3. The highest BCUT2D eigenvalue weighted by molar-refractivity contribution is 7.03. The Morgan fingerprint density at radius 1 is 1.18 bits per heavy atom. The smallest absolute Gasteiger partial charge is 0.280 e. The third kappa shape index (κ3) is 4.45. The summed E-state index contributed by atoms with van der Waals surface area (Å²) in [6.45, 7) is 7.60. The number of aryl methyl sites for hydroxylation is 1. The lowest BCUT2D eigenvalue weighted by atomic mass is 10.0. The molecule has 0 saturated heterocycles. The van der Waals surface area contributed by atoms with Gasteiger partial charge in [0.15, 0.2) is 11.7 Å². The van der Waals surface area contributed by atoms with Crippen molar-refractivity contribution >= 4 is 29.0 Å². The molecule has 8 heteroatoms. The van der Waals surface area contributed by atoms with Crippen molar-refractivity contribution in [2.24, 2.45) is 0 Å². The van der Waals surface area contributed by atoms with E-state index < -0.39 is 17.5 Å². The van der Waals surface area contributed by atoms with E-state index >= 15 is 0 Å². The zero-order valence-electron chi connectivity index (χ0n) is 16.2. The van der Waals surface area contributed by atoms with Crippen molar-refractivity contribution in [1.29, 1.82) is 0 Å². The summed E-state index contributed by atoms with van der Waals surface area (Å²) >= 11 is 1.08. The number of carbonyl (C=O) groups excluding carboxylic acids is 2. The van der Waals surface area contributed by atoms with Gasteiger partial charge >= 0.3 is 0 Å². The van der Waals surface area contributed by atoms with Gasteiger partial charge in [-0.1, -0.05) is 22.2 Å². The molecule has 1 N–H and O–H groups in total. The monoisotopic (exact) mass is 398 g/mol. The number of furan rings is 1. The van der Waals surface area contributed by atoms with E-state index in [0.29, 0.717) is 11.4 Å². The van der Waals surface area contributed by atoms with Gasteiger partial charge in [0.2, 0.25) is 0 Å². The third-order valence-electron chi connectivity index (χ3n) is 3.93. The molecular weight excluding hydrogens is 376 g/mol. The van der Waals surface area contributed by atoms with Gasteiger partial charge in [-0.15, -0.1) is 5.10 Å². The SMILES string of the molecule is Cc1ccc(N(C(=O)c2csnn2)[C@@H](C(=O)NC(C)(C)C)c2ccco2)cc1. The van der Waals surface area contributed by atoms with Crippen LogP contribution >= 0.6 is 11.5 Å². The van der Waals surface area contributed by atoms with Crippen LogP contribution < -0.4 is 10.2 Å². The van der Waals surface area contributed by atoms with Crippen LogP contribution in [0.15, 0.2) is 52.5 Å². The summed E-state index contributed by atoms with van der Waals surface area (Å²) in [5.41, 5.74) is 1.30. The zero-order chi connectivity index (χ0) is 20.3. The van der Waals surface area contributed by atoms with Gasteiger partial charge < -0.3 is 9.73 Å². The molecule has 0 unspecified atom stereocenters. The summed E-state index contributed by atoms with van der Waals surface area (Å²) in [6, 6.07) is 9.74. The third-order valence-corrected chi connectivity index (χ3v) is 4.43. The molecule has 0 fully saturated rings. The summed E-state index contributed by atoms with van der Waals surface area (Å²) in [5, 5.41) is 8.40. The van der Waals surface area contributed by atoms with Crippen LogP contribution in [0, 0.1) is 6.92 Å². The number of hydrogen-bond acceptors (Lipinski definition) is 6. The molecule has 0 aliphatic rings. The second-order valence-corrected chi connectivity index (χ2v) is 8.07. The Balaban J connectivity index is 2.12. The quantitative estimate of drug-likeness (QED) is 0.707. The zero-order valence-corrected chi connectivity index (χ0v) is 17.0. The summed E-state index contributed by atoms with van der Waals surface area (Å²) in [5.74, 6) is -0.415. The molecule has 3 rings (SSSR count). The predicted molar refractivity (Wildman–Crippen MR) is 107 cm³/mol. The Kier molecular flexibility index (Phi) is 5.60. The van der Waals surface area contributed by atoms with Gasteiger partial charge in [0.05, 0.1) is 6.26 Å². The lowest BCUT2D eigenvalue weighted by Gasteiger charge is -2.32. The molecule has 2 aromatic heterocycles. The molecule has 3 aromatic rings. The minimum atomic E-state index is -0.994. The Morgan fingerprint density at radius 2 is 1.89 bits per heavy atom. The first kappa shape index (κ1) is 19.8. The highest BCUT2D eigenvalue weighted by Crippen LogP contribution is 2.30. The lowest BCUT2D eigenvalue weighted by molar-refractivity contribution is -0.124. The molecule has 7 nitrogen and oxygen atoms in total. The van der Waals surface area contributed by atoms with E-state index in [9.17, 15) is 9.59 Å². The minimum absolute atomic E-state index is 0.172. The Hall–Kier alpha value is -3.00. The molecule has 0 saturated carbocycles. The van der Waals surface area contributed by atoms with Crippen molar-refractivity contribution in [3.05, 3.63) is 65.1 Å². The van der Waals surface area contributed by atoms with Gasteiger partial charge in [-0.3, -0.25) is 14.5 Å². The van der Waals surface area contributed by atoms with Crippen LogP contribution in [0.25, 0.3) is 0 Å². The van der Waals surface area contributed by atoms with Gasteiger partial charge in [0.1, 0.15) is 5.76 Å². The van der Waals surface area contributed by atoms with E-state index in [1.807, 2.05) is 39.8 Å². The van der Waals surface area contributed by atoms with E-state index in [4.69, 9.17) is 4.42 Å². The molecule has 2 heterocycles. The van der Waals surface area contributed by atoms with Crippen molar-refractivity contribution in [1.82, 2.24) is 14.9 Å². The van der Waals surface area contributed by atoms with Gasteiger partial charge in [0.25, 0.3) is 11.8 Å². The lowest BCUT2D eigenvalue weighted by Crippen LogP contribution is -2.49. The number of anilines is 1. The molecule has 1 atom stereocenters. The van der Waals surface area contributed by atoms with Crippen molar-refractivity contribution in [2.75, 3.05) is 4.90 Å². The van der Waals surface area contributed by atoms with Crippen LogP contribution in [0.5, 0.6) is 0 Å². The molecule has 0 aliphatic heterocycles. The number of hydrogen-bond donors (Lipinski definition) is 1. The van der Waals surface area contributed by atoms with Crippen LogP contribution in [0.3, 0.4) is 0 Å². The molecule has 0 spiro atoms. The van der Waals surface area contributed by atoms with E-state index in [1.54, 1.807) is 29.6 Å². The molecule has 1 aromatic carbocycles. The predicted octanol–water partition coefficient (Wildman–Crippen LogP) is 3.74. The van der Waals surface area contributed by atoms with Crippen molar-refractivity contribution in [2.45, 2.75) is 39.3 Å². The number of carbonyl (C=O) groups is 2. The largest absolute Gasteiger partial charge is 0.467 e. The Morgan fingerprint density at radius 3 is 2.43 bits per heavy atom. The van der Waals surface area contributed by atoms with Gasteiger partial charge in [-0.2, -0.15) is 0 Å². The number of benzene rings is 1. The van der Waals surface area contributed by atoms with Crippen LogP contribution in [0.4, 0.5) is 5.69 Å². The first-order valence-corrected chi connectivity index (χ1v) is 9.62. The van der Waals surface area contributed by atoms with Gasteiger partial charge in [-0.05, 0) is 63.5 Å². The van der Waals surface area contributed by atoms with E-state index in [-0.39, 0.29) is 11.6 Å².